The topological polar surface area (TPSA) is 4.93 Å². The van der Waals surface area contributed by atoms with Gasteiger partial charge in [0.05, 0.1) is 11.0 Å². The third-order valence-electron chi connectivity index (χ3n) is 4.46. The zero-order chi connectivity index (χ0) is 15.8. The van der Waals surface area contributed by atoms with Gasteiger partial charge in [0.25, 0.3) is 0 Å². The second-order valence-corrected chi connectivity index (χ2v) is 6.42. The Kier molecular flexibility index (Phi) is 3.62. The van der Waals surface area contributed by atoms with Crippen molar-refractivity contribution >= 4 is 34.4 Å². The smallest absolute Gasteiger partial charge is 0.0543 e. The second kappa shape index (κ2) is 5.78. The Morgan fingerprint density at radius 3 is 2.35 bits per heavy atom. The van der Waals surface area contributed by atoms with Crippen LogP contribution in [-0.4, -0.2) is 10.3 Å². The van der Waals surface area contributed by atoms with Crippen LogP contribution >= 0.6 is 12.6 Å². The molecule has 0 N–H and O–H groups in total. The van der Waals surface area contributed by atoms with Crippen molar-refractivity contribution in [1.82, 2.24) is 4.57 Å². The zero-order valence-corrected chi connectivity index (χ0v) is 14.1. The lowest BCUT2D eigenvalue weighted by molar-refractivity contribution is 1.16. The van der Waals surface area contributed by atoms with Crippen molar-refractivity contribution < 1.29 is 0 Å². The number of hydrogen-bond donors (Lipinski definition) is 1. The van der Waals surface area contributed by atoms with Gasteiger partial charge in [0, 0.05) is 16.5 Å². The van der Waals surface area contributed by atoms with Crippen LogP contribution in [0.1, 0.15) is 11.1 Å². The number of aryl methyl sites for hydroxylation is 2. The van der Waals surface area contributed by atoms with Gasteiger partial charge < -0.3 is 4.57 Å². The molecule has 23 heavy (non-hydrogen) atoms. The Morgan fingerprint density at radius 2 is 1.57 bits per heavy atom. The average Bonchev–Trinajstić information content (AvgIpc) is 2.91. The molecule has 114 valence electrons. The maximum Gasteiger partial charge on any atom is 0.0543 e. The van der Waals surface area contributed by atoms with E-state index in [0.29, 0.717) is 0 Å². The first-order valence-electron chi connectivity index (χ1n) is 7.98. The molecule has 1 aromatic heterocycles. The Labute approximate surface area is 142 Å². The van der Waals surface area contributed by atoms with Crippen molar-refractivity contribution in [1.29, 1.82) is 0 Å². The molecule has 0 amide bonds. The summed E-state index contributed by atoms with van der Waals surface area (Å²) >= 11 is 4.43. The van der Waals surface area contributed by atoms with Crippen LogP contribution in [0.2, 0.25) is 0 Å². The van der Waals surface area contributed by atoms with Crippen LogP contribution < -0.4 is 0 Å². The van der Waals surface area contributed by atoms with Gasteiger partial charge in [-0.15, -0.1) is 0 Å². The van der Waals surface area contributed by atoms with Gasteiger partial charge in [-0.25, -0.2) is 0 Å². The van der Waals surface area contributed by atoms with E-state index in [0.717, 1.165) is 12.2 Å². The van der Waals surface area contributed by atoms with Gasteiger partial charge >= 0.3 is 0 Å². The highest BCUT2D eigenvalue weighted by Crippen LogP contribution is 2.34. The fourth-order valence-electron chi connectivity index (χ4n) is 3.39. The molecule has 0 saturated heterocycles. The van der Waals surface area contributed by atoms with E-state index in [4.69, 9.17) is 0 Å². The first-order chi connectivity index (χ1) is 11.3. The van der Waals surface area contributed by atoms with Gasteiger partial charge in [-0.1, -0.05) is 48.0 Å². The summed E-state index contributed by atoms with van der Waals surface area (Å²) in [6, 6.07) is 24.0. The van der Waals surface area contributed by atoms with Gasteiger partial charge in [0.15, 0.2) is 0 Å². The van der Waals surface area contributed by atoms with Crippen molar-refractivity contribution in [3.8, 4) is 5.69 Å². The third-order valence-corrected chi connectivity index (χ3v) is 4.68. The van der Waals surface area contributed by atoms with E-state index in [-0.39, 0.29) is 0 Å². The molecule has 0 aliphatic carbocycles. The van der Waals surface area contributed by atoms with Crippen LogP contribution in [0.5, 0.6) is 0 Å². The van der Waals surface area contributed by atoms with Crippen molar-refractivity contribution in [2.75, 3.05) is 5.75 Å². The van der Waals surface area contributed by atoms with Crippen LogP contribution in [0.3, 0.4) is 0 Å². The molecule has 0 aliphatic rings. The van der Waals surface area contributed by atoms with E-state index in [2.05, 4.69) is 90.8 Å². The molecule has 0 unspecified atom stereocenters. The lowest BCUT2D eigenvalue weighted by atomic mass is 10.0. The number of para-hydroxylation sites is 1. The summed E-state index contributed by atoms with van der Waals surface area (Å²) in [7, 11) is 0. The predicted octanol–water partition coefficient (Wildman–Crippen LogP) is 5.56. The number of aromatic nitrogens is 1. The number of fused-ring (bicyclic) bond motifs is 3. The molecule has 0 saturated carbocycles. The highest BCUT2D eigenvalue weighted by Gasteiger charge is 2.14. The minimum atomic E-state index is 0.864. The zero-order valence-electron chi connectivity index (χ0n) is 13.2. The summed E-state index contributed by atoms with van der Waals surface area (Å²) in [5.74, 6) is 0.864. The Morgan fingerprint density at radius 1 is 0.826 bits per heavy atom. The standard InChI is InChI=1S/C21H19NS/c1-15-9-11-17(12-10-15)22-19-7-3-2-6-18(19)21-16(13-14-23)5-4-8-20(21)22/h2-12,23H,13-14H2,1H3. The predicted molar refractivity (Wildman–Crippen MR) is 103 cm³/mol. The SMILES string of the molecule is Cc1ccc(-n2c3ccccc3c3c(CCS)cccc32)cc1. The normalized spacial score (nSPS) is 11.4. The molecule has 0 fully saturated rings. The summed E-state index contributed by atoms with van der Waals surface area (Å²) in [6.07, 6.45) is 0.988. The minimum absolute atomic E-state index is 0.864. The summed E-state index contributed by atoms with van der Waals surface area (Å²) < 4.78 is 2.37. The molecular weight excluding hydrogens is 298 g/mol. The molecule has 0 atom stereocenters. The molecule has 0 bridgehead atoms. The summed E-state index contributed by atoms with van der Waals surface area (Å²) in [6.45, 7) is 2.13. The largest absolute Gasteiger partial charge is 0.309 e. The quantitative estimate of drug-likeness (QED) is 0.472. The van der Waals surface area contributed by atoms with Gasteiger partial charge in [-0.05, 0) is 48.9 Å². The number of hydrogen-bond acceptors (Lipinski definition) is 1. The van der Waals surface area contributed by atoms with Crippen LogP contribution in [0.25, 0.3) is 27.5 Å². The van der Waals surface area contributed by atoms with Crippen molar-refractivity contribution in [2.24, 2.45) is 0 Å². The Hall–Kier alpha value is -2.19. The van der Waals surface area contributed by atoms with Gasteiger partial charge in [-0.2, -0.15) is 12.6 Å². The molecule has 0 radical (unpaired) electrons. The van der Waals surface area contributed by atoms with Crippen molar-refractivity contribution in [3.05, 3.63) is 77.9 Å². The first-order valence-corrected chi connectivity index (χ1v) is 8.62. The highest BCUT2D eigenvalue weighted by atomic mass is 32.1. The second-order valence-electron chi connectivity index (χ2n) is 5.97. The van der Waals surface area contributed by atoms with Crippen molar-refractivity contribution in [2.45, 2.75) is 13.3 Å². The molecule has 0 aliphatic heterocycles. The minimum Gasteiger partial charge on any atom is -0.309 e. The van der Waals surface area contributed by atoms with Crippen LogP contribution in [0.4, 0.5) is 0 Å². The summed E-state index contributed by atoms with van der Waals surface area (Å²) in [5, 5.41) is 2.68. The van der Waals surface area contributed by atoms with E-state index >= 15 is 0 Å². The Bertz CT molecular complexity index is 980. The van der Waals surface area contributed by atoms with Crippen molar-refractivity contribution in [3.63, 3.8) is 0 Å². The monoisotopic (exact) mass is 317 g/mol. The fourth-order valence-corrected chi connectivity index (χ4v) is 3.64. The average molecular weight is 317 g/mol. The van der Waals surface area contributed by atoms with E-state index in [1.807, 2.05) is 0 Å². The highest BCUT2D eigenvalue weighted by molar-refractivity contribution is 7.80. The Balaban J connectivity index is 2.13. The summed E-state index contributed by atoms with van der Waals surface area (Å²) in [5.41, 5.74) is 6.40. The van der Waals surface area contributed by atoms with E-state index in [9.17, 15) is 0 Å². The maximum atomic E-state index is 4.43. The third kappa shape index (κ3) is 2.34. The number of nitrogens with zero attached hydrogens (tertiary/aromatic N) is 1. The van der Waals surface area contributed by atoms with Gasteiger partial charge in [0.1, 0.15) is 0 Å². The van der Waals surface area contributed by atoms with Crippen LogP contribution in [0, 0.1) is 6.92 Å². The maximum absolute atomic E-state index is 4.43. The molecule has 2 heteroatoms. The molecule has 4 aromatic rings. The van der Waals surface area contributed by atoms with E-state index in [1.54, 1.807) is 0 Å². The molecule has 4 rings (SSSR count). The van der Waals surface area contributed by atoms with Gasteiger partial charge in [0.2, 0.25) is 0 Å². The fraction of sp³-hybridized carbons (Fsp3) is 0.143. The van der Waals surface area contributed by atoms with Gasteiger partial charge in [-0.3, -0.25) is 0 Å². The number of rotatable bonds is 3. The lowest BCUT2D eigenvalue weighted by Crippen LogP contribution is -1.94. The number of benzene rings is 3. The number of thiol groups is 1. The first kappa shape index (κ1) is 14.4. The molecule has 1 nitrogen and oxygen atoms in total. The van der Waals surface area contributed by atoms with E-state index < -0.39 is 0 Å². The molecule has 0 spiro atoms. The molecule has 3 aromatic carbocycles. The van der Waals surface area contributed by atoms with Crippen LogP contribution in [-0.2, 0) is 6.42 Å². The van der Waals surface area contributed by atoms with E-state index in [1.165, 1.54) is 38.6 Å². The molecular formula is C21H19NS. The molecule has 1 heterocycles. The van der Waals surface area contributed by atoms with Crippen LogP contribution in [0.15, 0.2) is 66.7 Å². The summed E-state index contributed by atoms with van der Waals surface area (Å²) in [4.78, 5) is 0. The lowest BCUT2D eigenvalue weighted by Gasteiger charge is -2.08.